The van der Waals surface area contributed by atoms with E-state index in [2.05, 4.69) is 20.6 Å². The number of hydrogen-bond acceptors (Lipinski definition) is 5. The topological polar surface area (TPSA) is 59.1 Å². The number of nitrogens with one attached hydrogen (secondary N) is 2. The SMILES string of the molecule is CCNc1cc(Nc2cc(OC)ccc2Cl)nc(CC)n1. The number of ether oxygens (including phenoxy) is 1. The number of aryl methyl sites for hydroxylation is 1. The number of nitrogens with zero attached hydrogens (tertiary/aromatic N) is 2. The summed E-state index contributed by atoms with van der Waals surface area (Å²) < 4.78 is 5.21. The van der Waals surface area contributed by atoms with Crippen LogP contribution in [0.15, 0.2) is 24.3 Å². The molecule has 21 heavy (non-hydrogen) atoms. The van der Waals surface area contributed by atoms with Crippen LogP contribution in [0, 0.1) is 0 Å². The van der Waals surface area contributed by atoms with Gasteiger partial charge in [-0.05, 0) is 19.1 Å². The first kappa shape index (κ1) is 15.4. The molecule has 0 radical (unpaired) electrons. The Morgan fingerprint density at radius 1 is 1.14 bits per heavy atom. The molecule has 2 rings (SSSR count). The van der Waals surface area contributed by atoms with E-state index >= 15 is 0 Å². The molecule has 0 amide bonds. The average molecular weight is 307 g/mol. The first-order valence-electron chi connectivity index (χ1n) is 6.88. The minimum Gasteiger partial charge on any atom is -0.497 e. The number of hydrogen-bond donors (Lipinski definition) is 2. The van der Waals surface area contributed by atoms with E-state index in [0.29, 0.717) is 10.8 Å². The minimum atomic E-state index is 0.609. The third-order valence-corrected chi connectivity index (χ3v) is 3.21. The molecule has 0 saturated heterocycles. The molecule has 5 nitrogen and oxygen atoms in total. The zero-order valence-corrected chi connectivity index (χ0v) is 13.2. The maximum atomic E-state index is 6.20. The fraction of sp³-hybridized carbons (Fsp3) is 0.333. The third-order valence-electron chi connectivity index (χ3n) is 2.88. The van der Waals surface area contributed by atoms with E-state index in [-0.39, 0.29) is 0 Å². The molecule has 0 saturated carbocycles. The second-order valence-corrected chi connectivity index (χ2v) is 4.82. The van der Waals surface area contributed by atoms with Crippen molar-refractivity contribution in [2.45, 2.75) is 20.3 Å². The number of rotatable bonds is 6. The monoisotopic (exact) mass is 306 g/mol. The number of aromatic nitrogens is 2. The first-order valence-corrected chi connectivity index (χ1v) is 7.26. The molecule has 1 aromatic heterocycles. The molecule has 0 spiro atoms. The van der Waals surface area contributed by atoms with Crippen molar-refractivity contribution in [2.24, 2.45) is 0 Å². The van der Waals surface area contributed by atoms with Crippen LogP contribution in [0.4, 0.5) is 17.3 Å². The van der Waals surface area contributed by atoms with Crippen molar-refractivity contribution in [1.29, 1.82) is 0 Å². The summed E-state index contributed by atoms with van der Waals surface area (Å²) in [6, 6.07) is 7.30. The van der Waals surface area contributed by atoms with Crippen molar-refractivity contribution in [1.82, 2.24) is 9.97 Å². The summed E-state index contributed by atoms with van der Waals surface area (Å²) in [5, 5.41) is 7.02. The Labute approximate surface area is 129 Å². The molecule has 2 N–H and O–H groups in total. The van der Waals surface area contributed by atoms with Crippen LogP contribution in [0.2, 0.25) is 5.02 Å². The van der Waals surface area contributed by atoms with Gasteiger partial charge in [0, 0.05) is 25.1 Å². The van der Waals surface area contributed by atoms with E-state index < -0.39 is 0 Å². The van der Waals surface area contributed by atoms with Gasteiger partial charge in [-0.2, -0.15) is 0 Å². The van der Waals surface area contributed by atoms with Gasteiger partial charge in [-0.1, -0.05) is 18.5 Å². The van der Waals surface area contributed by atoms with Crippen LogP contribution in [-0.2, 0) is 6.42 Å². The zero-order chi connectivity index (χ0) is 15.2. The Balaban J connectivity index is 2.32. The number of benzene rings is 1. The summed E-state index contributed by atoms with van der Waals surface area (Å²) >= 11 is 6.20. The smallest absolute Gasteiger partial charge is 0.136 e. The molecule has 0 aliphatic heterocycles. The number of methoxy groups -OCH3 is 1. The van der Waals surface area contributed by atoms with Gasteiger partial charge in [0.25, 0.3) is 0 Å². The van der Waals surface area contributed by atoms with Crippen LogP contribution < -0.4 is 15.4 Å². The maximum absolute atomic E-state index is 6.20. The summed E-state index contributed by atoms with van der Waals surface area (Å²) in [7, 11) is 1.62. The Kier molecular flexibility index (Phi) is 5.22. The molecule has 1 aromatic carbocycles. The quantitative estimate of drug-likeness (QED) is 0.848. The average Bonchev–Trinajstić information content (AvgIpc) is 2.49. The normalized spacial score (nSPS) is 10.3. The molecule has 112 valence electrons. The molecule has 0 aliphatic rings. The highest BCUT2D eigenvalue weighted by atomic mass is 35.5. The van der Waals surface area contributed by atoms with Crippen molar-refractivity contribution in [3.63, 3.8) is 0 Å². The molecule has 0 bridgehead atoms. The van der Waals surface area contributed by atoms with Gasteiger partial charge in [0.1, 0.15) is 23.2 Å². The van der Waals surface area contributed by atoms with Crippen molar-refractivity contribution < 1.29 is 4.74 Å². The Morgan fingerprint density at radius 2 is 1.90 bits per heavy atom. The van der Waals surface area contributed by atoms with Crippen molar-refractivity contribution in [3.05, 3.63) is 35.1 Å². The van der Waals surface area contributed by atoms with Crippen LogP contribution in [0.3, 0.4) is 0 Å². The lowest BCUT2D eigenvalue weighted by Crippen LogP contribution is -2.05. The zero-order valence-electron chi connectivity index (χ0n) is 12.4. The van der Waals surface area contributed by atoms with Crippen LogP contribution >= 0.6 is 11.6 Å². The molecule has 0 fully saturated rings. The van der Waals surface area contributed by atoms with Crippen LogP contribution in [-0.4, -0.2) is 23.6 Å². The third kappa shape index (κ3) is 3.98. The summed E-state index contributed by atoms with van der Waals surface area (Å²) in [5.74, 6) is 3.01. The van der Waals surface area contributed by atoms with Gasteiger partial charge >= 0.3 is 0 Å². The van der Waals surface area contributed by atoms with E-state index in [1.54, 1.807) is 13.2 Å². The van der Waals surface area contributed by atoms with Crippen molar-refractivity contribution >= 4 is 28.9 Å². The van der Waals surface area contributed by atoms with E-state index in [1.807, 2.05) is 32.0 Å². The van der Waals surface area contributed by atoms with Crippen LogP contribution in [0.1, 0.15) is 19.7 Å². The van der Waals surface area contributed by atoms with Gasteiger partial charge in [0.05, 0.1) is 17.8 Å². The van der Waals surface area contributed by atoms with Crippen LogP contribution in [0.25, 0.3) is 0 Å². The minimum absolute atomic E-state index is 0.609. The summed E-state index contributed by atoms with van der Waals surface area (Å²) in [6.07, 6.45) is 0.764. The Morgan fingerprint density at radius 3 is 2.57 bits per heavy atom. The maximum Gasteiger partial charge on any atom is 0.136 e. The summed E-state index contributed by atoms with van der Waals surface area (Å²) in [5.41, 5.74) is 0.749. The van der Waals surface area contributed by atoms with Gasteiger partial charge in [-0.15, -0.1) is 0 Å². The van der Waals surface area contributed by atoms with E-state index in [1.165, 1.54) is 0 Å². The highest BCUT2D eigenvalue weighted by Gasteiger charge is 2.07. The second kappa shape index (κ2) is 7.13. The molecule has 0 aliphatic carbocycles. The fourth-order valence-electron chi connectivity index (χ4n) is 1.86. The largest absolute Gasteiger partial charge is 0.497 e. The number of halogens is 1. The predicted molar refractivity (Wildman–Crippen MR) is 86.9 cm³/mol. The van der Waals surface area contributed by atoms with Crippen molar-refractivity contribution in [3.8, 4) is 5.75 Å². The summed E-state index contributed by atoms with van der Waals surface area (Å²) in [4.78, 5) is 8.88. The fourth-order valence-corrected chi connectivity index (χ4v) is 2.02. The van der Waals surface area contributed by atoms with Gasteiger partial charge < -0.3 is 15.4 Å². The highest BCUT2D eigenvalue weighted by molar-refractivity contribution is 6.33. The van der Waals surface area contributed by atoms with Crippen LogP contribution in [0.5, 0.6) is 5.75 Å². The second-order valence-electron chi connectivity index (χ2n) is 4.41. The predicted octanol–water partition coefficient (Wildman–Crippen LogP) is 3.88. The Bertz CT molecular complexity index is 619. The molecule has 1 heterocycles. The van der Waals surface area contributed by atoms with Crippen molar-refractivity contribution in [2.75, 3.05) is 24.3 Å². The van der Waals surface area contributed by atoms with E-state index in [4.69, 9.17) is 16.3 Å². The molecular weight excluding hydrogens is 288 g/mol. The lowest BCUT2D eigenvalue weighted by Gasteiger charge is -2.12. The van der Waals surface area contributed by atoms with E-state index in [9.17, 15) is 0 Å². The lowest BCUT2D eigenvalue weighted by atomic mass is 10.3. The Hall–Kier alpha value is -2.01. The molecule has 6 heteroatoms. The lowest BCUT2D eigenvalue weighted by molar-refractivity contribution is 0.415. The van der Waals surface area contributed by atoms with Gasteiger partial charge in [-0.3, -0.25) is 0 Å². The highest BCUT2D eigenvalue weighted by Crippen LogP contribution is 2.29. The first-order chi connectivity index (χ1) is 10.2. The van der Waals surface area contributed by atoms with Gasteiger partial charge in [0.2, 0.25) is 0 Å². The molecule has 0 unspecified atom stereocenters. The summed E-state index contributed by atoms with van der Waals surface area (Å²) in [6.45, 7) is 4.85. The molecule has 0 atom stereocenters. The standard InChI is InChI=1S/C15H19ClN4O/c1-4-13-19-14(17-5-2)9-15(20-13)18-12-8-10(21-3)6-7-11(12)16/h6-9H,4-5H2,1-3H3,(H2,17,18,19,20). The number of anilines is 3. The molecule has 2 aromatic rings. The molecular formula is C15H19ClN4O. The van der Waals surface area contributed by atoms with E-state index in [0.717, 1.165) is 36.0 Å². The van der Waals surface area contributed by atoms with Gasteiger partial charge in [0.15, 0.2) is 0 Å². The van der Waals surface area contributed by atoms with Gasteiger partial charge in [-0.25, -0.2) is 9.97 Å².